The number of rotatable bonds is 6. The second-order valence-electron chi connectivity index (χ2n) is 9.34. The van der Waals surface area contributed by atoms with Crippen LogP contribution < -0.4 is 21.2 Å². The average molecular weight is 477 g/mol. The fraction of sp³-hybridized carbons (Fsp3) is 0.188. The van der Waals surface area contributed by atoms with Gasteiger partial charge in [0.2, 0.25) is 0 Å². The minimum absolute atomic E-state index is 0.451. The molecule has 0 radical (unpaired) electrons. The Morgan fingerprint density at radius 3 is 1.24 bits per heavy atom. The lowest BCUT2D eigenvalue weighted by molar-refractivity contribution is 0.317. The zero-order valence-electron chi connectivity index (χ0n) is 19.3. The molecule has 4 aromatic carbocycles. The van der Waals surface area contributed by atoms with Crippen LogP contribution in [0.3, 0.4) is 0 Å². The van der Waals surface area contributed by atoms with Crippen LogP contribution in [0.2, 0.25) is 0 Å². The fourth-order valence-electron chi connectivity index (χ4n) is 5.85. The van der Waals surface area contributed by atoms with E-state index < -0.39 is 15.8 Å². The standard InChI is InChI=1S/C32H30P2/c1-5-13-26(14-6-1)33(27-15-7-2-8-16-27)31-24-22-25-21-23-30(25)32(31)34(28-17-9-3-10-18-28)29-19-11-4-12-20-29/h1-21,23,25,30-32H,22,24H2. The molecule has 0 heterocycles. The first-order chi connectivity index (χ1) is 16.9. The Hall–Kier alpha value is -2.52. The molecule has 2 aliphatic rings. The normalized spacial score (nSPS) is 23.5. The van der Waals surface area contributed by atoms with Crippen LogP contribution >= 0.6 is 15.8 Å². The van der Waals surface area contributed by atoms with Gasteiger partial charge >= 0.3 is 0 Å². The Bertz CT molecular complexity index is 1140. The molecule has 34 heavy (non-hydrogen) atoms. The maximum atomic E-state index is 2.55. The number of fused-ring (bicyclic) bond motifs is 1. The molecule has 0 amide bonds. The Balaban J connectivity index is 1.52. The number of benzene rings is 4. The summed E-state index contributed by atoms with van der Waals surface area (Å²) in [6, 6.07) is 45.6. The third kappa shape index (κ3) is 4.20. The number of hydrogen-bond acceptors (Lipinski definition) is 0. The molecular weight excluding hydrogens is 446 g/mol. The molecule has 4 atom stereocenters. The molecule has 0 N–H and O–H groups in total. The van der Waals surface area contributed by atoms with Gasteiger partial charge in [0.25, 0.3) is 0 Å². The van der Waals surface area contributed by atoms with E-state index in [0.717, 1.165) is 5.92 Å². The highest BCUT2D eigenvalue weighted by Gasteiger charge is 2.48. The highest BCUT2D eigenvalue weighted by molar-refractivity contribution is 7.77. The molecule has 6 rings (SSSR count). The van der Waals surface area contributed by atoms with E-state index in [2.05, 4.69) is 133 Å². The van der Waals surface area contributed by atoms with Crippen molar-refractivity contribution in [3.8, 4) is 0 Å². The third-order valence-corrected chi connectivity index (χ3v) is 13.6. The predicted octanol–water partition coefficient (Wildman–Crippen LogP) is 6.59. The zero-order valence-corrected chi connectivity index (χ0v) is 21.1. The second kappa shape index (κ2) is 10.00. The van der Waals surface area contributed by atoms with Crippen molar-refractivity contribution >= 4 is 37.1 Å². The Kier molecular flexibility index (Phi) is 6.46. The summed E-state index contributed by atoms with van der Waals surface area (Å²) in [6.07, 6.45) is 7.68. The van der Waals surface area contributed by atoms with E-state index in [9.17, 15) is 0 Å². The lowest BCUT2D eigenvalue weighted by Crippen LogP contribution is -2.47. The average Bonchev–Trinajstić information content (AvgIpc) is 2.89. The van der Waals surface area contributed by atoms with Crippen LogP contribution in [-0.2, 0) is 0 Å². The molecule has 0 spiro atoms. The SMILES string of the molecule is C1=CC2C1CCC(P(c1ccccc1)c1ccccc1)C2P(c1ccccc1)c1ccccc1. The molecule has 4 aromatic rings. The van der Waals surface area contributed by atoms with E-state index in [1.54, 1.807) is 0 Å². The summed E-state index contributed by atoms with van der Waals surface area (Å²) in [5.74, 6) is 1.43. The molecule has 1 fully saturated rings. The maximum Gasteiger partial charge on any atom is 0.00134 e. The van der Waals surface area contributed by atoms with Gasteiger partial charge in [0.1, 0.15) is 0 Å². The van der Waals surface area contributed by atoms with E-state index in [1.165, 1.54) is 34.1 Å². The van der Waals surface area contributed by atoms with Crippen molar-refractivity contribution in [1.82, 2.24) is 0 Å². The minimum Gasteiger partial charge on any atom is -0.0845 e. The van der Waals surface area contributed by atoms with Gasteiger partial charge in [-0.25, -0.2) is 0 Å². The maximum absolute atomic E-state index is 2.55. The summed E-state index contributed by atoms with van der Waals surface area (Å²) in [6.45, 7) is 0. The largest absolute Gasteiger partial charge is 0.0845 e. The monoisotopic (exact) mass is 476 g/mol. The summed E-state index contributed by atoms with van der Waals surface area (Å²) in [4.78, 5) is 0. The minimum atomic E-state index is -0.471. The molecule has 0 aliphatic heterocycles. The Morgan fingerprint density at radius 2 is 0.853 bits per heavy atom. The molecule has 2 heteroatoms. The predicted molar refractivity (Wildman–Crippen MR) is 151 cm³/mol. The topological polar surface area (TPSA) is 0 Å². The fourth-order valence-corrected chi connectivity index (χ4v) is 12.7. The van der Waals surface area contributed by atoms with Gasteiger partial charge in [0.15, 0.2) is 0 Å². The van der Waals surface area contributed by atoms with E-state index in [4.69, 9.17) is 0 Å². The van der Waals surface area contributed by atoms with Crippen molar-refractivity contribution in [3.63, 3.8) is 0 Å². The van der Waals surface area contributed by atoms with Gasteiger partial charge in [-0.1, -0.05) is 133 Å². The first-order valence-corrected chi connectivity index (χ1v) is 15.2. The molecular formula is C32H30P2. The summed E-state index contributed by atoms with van der Waals surface area (Å²) in [5.41, 5.74) is 1.31. The molecule has 0 saturated heterocycles. The quantitative estimate of drug-likeness (QED) is 0.218. The van der Waals surface area contributed by atoms with Crippen LogP contribution in [0, 0.1) is 11.8 Å². The Labute approximate surface area is 206 Å². The van der Waals surface area contributed by atoms with Crippen LogP contribution in [0.5, 0.6) is 0 Å². The van der Waals surface area contributed by atoms with Crippen LogP contribution in [-0.4, -0.2) is 11.3 Å². The van der Waals surface area contributed by atoms with Crippen LogP contribution in [0.4, 0.5) is 0 Å². The van der Waals surface area contributed by atoms with Gasteiger partial charge < -0.3 is 0 Å². The zero-order chi connectivity index (χ0) is 22.7. The molecule has 168 valence electrons. The third-order valence-electron chi connectivity index (χ3n) is 7.43. The van der Waals surface area contributed by atoms with Crippen molar-refractivity contribution in [3.05, 3.63) is 133 Å². The van der Waals surface area contributed by atoms with Gasteiger partial charge in [-0.15, -0.1) is 0 Å². The van der Waals surface area contributed by atoms with Gasteiger partial charge in [-0.2, -0.15) is 0 Å². The van der Waals surface area contributed by atoms with Gasteiger partial charge in [0.05, 0.1) is 0 Å². The molecule has 0 aromatic heterocycles. The molecule has 0 bridgehead atoms. The first kappa shape index (κ1) is 22.0. The van der Waals surface area contributed by atoms with Crippen LogP contribution in [0.25, 0.3) is 0 Å². The van der Waals surface area contributed by atoms with Crippen molar-refractivity contribution < 1.29 is 0 Å². The molecule has 2 aliphatic carbocycles. The second-order valence-corrected chi connectivity index (χ2v) is 14.1. The highest BCUT2D eigenvalue weighted by Crippen LogP contribution is 2.61. The molecule has 0 nitrogen and oxygen atoms in total. The van der Waals surface area contributed by atoms with Crippen LogP contribution in [0.1, 0.15) is 12.8 Å². The van der Waals surface area contributed by atoms with Gasteiger partial charge in [-0.3, -0.25) is 0 Å². The smallest absolute Gasteiger partial charge is 0.00134 e. The van der Waals surface area contributed by atoms with Crippen molar-refractivity contribution in [2.45, 2.75) is 24.2 Å². The van der Waals surface area contributed by atoms with Crippen molar-refractivity contribution in [2.24, 2.45) is 11.8 Å². The van der Waals surface area contributed by atoms with E-state index in [-0.39, 0.29) is 0 Å². The van der Waals surface area contributed by atoms with E-state index >= 15 is 0 Å². The molecule has 4 unspecified atom stereocenters. The van der Waals surface area contributed by atoms with Gasteiger partial charge in [0, 0.05) is 5.66 Å². The van der Waals surface area contributed by atoms with Crippen molar-refractivity contribution in [2.75, 3.05) is 0 Å². The Morgan fingerprint density at radius 1 is 0.441 bits per heavy atom. The number of hydrogen-bond donors (Lipinski definition) is 0. The number of allylic oxidation sites excluding steroid dienone is 2. The van der Waals surface area contributed by atoms with E-state index in [0.29, 0.717) is 17.2 Å². The first-order valence-electron chi connectivity index (χ1n) is 12.4. The highest BCUT2D eigenvalue weighted by atomic mass is 31.1. The summed E-state index contributed by atoms with van der Waals surface area (Å²) >= 11 is 0. The van der Waals surface area contributed by atoms with Gasteiger partial charge in [-0.05, 0) is 67.4 Å². The summed E-state index contributed by atoms with van der Waals surface area (Å²) in [5, 5.41) is 6.10. The van der Waals surface area contributed by atoms with E-state index in [1.807, 2.05) is 0 Å². The lowest BCUT2D eigenvalue weighted by atomic mass is 9.71. The molecule has 1 saturated carbocycles. The van der Waals surface area contributed by atoms with Crippen LogP contribution in [0.15, 0.2) is 133 Å². The van der Waals surface area contributed by atoms with Crippen molar-refractivity contribution in [1.29, 1.82) is 0 Å². The summed E-state index contributed by atoms with van der Waals surface area (Å²) < 4.78 is 0. The summed E-state index contributed by atoms with van der Waals surface area (Å²) in [7, 11) is -0.922. The lowest BCUT2D eigenvalue weighted by Gasteiger charge is -2.51.